The molecule has 0 spiro atoms. The topological polar surface area (TPSA) is 214 Å². The maximum Gasteiger partial charge on any atom is 0.312 e. The van der Waals surface area contributed by atoms with Gasteiger partial charge < -0.3 is 49.4 Å². The summed E-state index contributed by atoms with van der Waals surface area (Å²) in [5.74, 6) is -8.09. The van der Waals surface area contributed by atoms with E-state index in [2.05, 4.69) is 5.32 Å². The molecule has 2 aromatic carbocycles. The number of aliphatic hydroxyl groups excluding tert-OH is 2. The highest BCUT2D eigenvalue weighted by Gasteiger charge is 2.50. The van der Waals surface area contributed by atoms with E-state index in [1.807, 2.05) is 25.8 Å². The van der Waals surface area contributed by atoms with Crippen LogP contribution in [0.15, 0.2) is 42.2 Å². The van der Waals surface area contributed by atoms with E-state index in [-0.39, 0.29) is 44.7 Å². The number of carbonyl (C=O) groups is 4. The van der Waals surface area contributed by atoms with Gasteiger partial charge in [-0.1, -0.05) is 66.7 Å². The number of fused-ring (bicyclic) bond motifs is 14. The van der Waals surface area contributed by atoms with E-state index >= 15 is 0 Å². The van der Waals surface area contributed by atoms with Gasteiger partial charge in [0.05, 0.1) is 41.2 Å². The standard InChI is InChI=1S/C46H65N3O13/c1-13-20-49(48(14-2)15-3)34(51)23-59-33-22-31-41(55)36-35(33)37-43(29(9)40(36)54)62-46(11,44(37)56)60-21-19-32(58-12)26(6)42(61-30(10)50)28(8)39(53)27(7)38(52)24(4)17-16-18-25(5)45(57)47-31/h16-19,21-22,24,26-28,32,38-39,42,52-55H,13-15,20,23H2,1-12H3,(H,47,57)/b17-16+,21-19+,25-18-. The molecule has 5 rings (SSSR count). The quantitative estimate of drug-likeness (QED) is 0.107. The molecule has 0 aliphatic carbocycles. The van der Waals surface area contributed by atoms with Crippen LogP contribution in [-0.4, -0.2) is 118 Å². The third kappa shape index (κ3) is 10.2. The fraction of sp³-hybridized carbons (Fsp3) is 0.565. The van der Waals surface area contributed by atoms with Gasteiger partial charge in [0.15, 0.2) is 12.4 Å². The van der Waals surface area contributed by atoms with E-state index in [0.29, 0.717) is 26.1 Å². The molecule has 0 radical (unpaired) electrons. The van der Waals surface area contributed by atoms with Crippen LogP contribution in [0.4, 0.5) is 5.69 Å². The smallest absolute Gasteiger partial charge is 0.312 e. The largest absolute Gasteiger partial charge is 0.507 e. The van der Waals surface area contributed by atoms with Crippen molar-refractivity contribution in [2.75, 3.05) is 38.7 Å². The lowest BCUT2D eigenvalue weighted by atomic mass is 9.78. The summed E-state index contributed by atoms with van der Waals surface area (Å²) < 4.78 is 30.0. The third-order valence-corrected chi connectivity index (χ3v) is 12.0. The normalized spacial score (nSPS) is 29.0. The van der Waals surface area contributed by atoms with Crippen LogP contribution in [0.1, 0.15) is 91.6 Å². The van der Waals surface area contributed by atoms with Crippen molar-refractivity contribution in [3.05, 3.63) is 53.3 Å². The summed E-state index contributed by atoms with van der Waals surface area (Å²) >= 11 is 0. The summed E-state index contributed by atoms with van der Waals surface area (Å²) in [5.41, 5.74) is -0.0197. The lowest BCUT2D eigenvalue weighted by molar-refractivity contribution is -0.160. The van der Waals surface area contributed by atoms with Crippen LogP contribution in [0.2, 0.25) is 0 Å². The van der Waals surface area contributed by atoms with Crippen LogP contribution < -0.4 is 14.8 Å². The van der Waals surface area contributed by atoms with Crippen molar-refractivity contribution >= 4 is 40.0 Å². The Bertz CT molecular complexity index is 2080. The lowest BCUT2D eigenvalue weighted by Gasteiger charge is -2.38. The highest BCUT2D eigenvalue weighted by Crippen LogP contribution is 2.54. The second-order valence-corrected chi connectivity index (χ2v) is 16.3. The molecule has 0 saturated carbocycles. The first-order valence-electron chi connectivity index (χ1n) is 21.2. The minimum atomic E-state index is -2.04. The third-order valence-electron chi connectivity index (χ3n) is 12.0. The molecule has 342 valence electrons. The molecule has 9 atom stereocenters. The molecule has 0 aromatic heterocycles. The highest BCUT2D eigenvalue weighted by molar-refractivity contribution is 6.21. The number of nitrogens with one attached hydrogen (secondary N) is 1. The number of amides is 2. The predicted octanol–water partition coefficient (Wildman–Crippen LogP) is 5.92. The Kier molecular flexibility index (Phi) is 16.6. The predicted molar refractivity (Wildman–Crippen MR) is 233 cm³/mol. The Balaban J connectivity index is 1.94. The Morgan fingerprint density at radius 1 is 0.935 bits per heavy atom. The van der Waals surface area contributed by atoms with Crippen LogP contribution in [0.25, 0.3) is 10.8 Å². The first-order chi connectivity index (χ1) is 29.2. The van der Waals surface area contributed by atoms with Crippen molar-refractivity contribution in [2.24, 2.45) is 23.7 Å². The number of phenolic OH excluding ortho intramolecular Hbond substituents is 2. The summed E-state index contributed by atoms with van der Waals surface area (Å²) in [6, 6.07) is 1.28. The number of allylic oxidation sites excluding steroid dienone is 2. The van der Waals surface area contributed by atoms with Crippen molar-refractivity contribution in [1.29, 1.82) is 0 Å². The zero-order valence-electron chi connectivity index (χ0n) is 38.0. The first-order valence-corrected chi connectivity index (χ1v) is 21.2. The molecule has 3 aliphatic rings. The van der Waals surface area contributed by atoms with E-state index in [1.54, 1.807) is 44.9 Å². The maximum atomic E-state index is 14.6. The second kappa shape index (κ2) is 20.8. The van der Waals surface area contributed by atoms with Gasteiger partial charge in [0.25, 0.3) is 17.6 Å². The van der Waals surface area contributed by atoms with Crippen LogP contribution in [0.5, 0.6) is 23.0 Å². The van der Waals surface area contributed by atoms with Gasteiger partial charge in [-0.3, -0.25) is 24.2 Å². The molecule has 5 bridgehead atoms. The van der Waals surface area contributed by atoms with Crippen molar-refractivity contribution in [3.8, 4) is 23.0 Å². The molecule has 16 heteroatoms. The fourth-order valence-electron chi connectivity index (χ4n) is 8.16. The molecular formula is C46H65N3O13. The number of benzene rings is 2. The summed E-state index contributed by atoms with van der Waals surface area (Å²) in [6.45, 7) is 19.4. The van der Waals surface area contributed by atoms with E-state index in [9.17, 15) is 39.6 Å². The van der Waals surface area contributed by atoms with Crippen LogP contribution >= 0.6 is 0 Å². The van der Waals surface area contributed by atoms with Gasteiger partial charge >= 0.3 is 11.8 Å². The maximum absolute atomic E-state index is 14.6. The number of hydrogen-bond acceptors (Lipinski definition) is 14. The minimum absolute atomic E-state index is 0.0602. The van der Waals surface area contributed by atoms with E-state index in [0.717, 1.165) is 0 Å². The number of aliphatic hydroxyl groups is 2. The number of rotatable bonds is 10. The Labute approximate surface area is 364 Å². The molecule has 3 heterocycles. The van der Waals surface area contributed by atoms with E-state index in [1.165, 1.54) is 59.3 Å². The number of anilines is 1. The van der Waals surface area contributed by atoms with Gasteiger partial charge in [-0.2, -0.15) is 0 Å². The van der Waals surface area contributed by atoms with E-state index in [4.69, 9.17) is 23.7 Å². The van der Waals surface area contributed by atoms with Crippen LogP contribution in [0, 0.1) is 30.6 Å². The Morgan fingerprint density at radius 2 is 1.60 bits per heavy atom. The number of Topliss-reactive ketones (excluding diaryl/α,β-unsaturated/α-hetero) is 1. The number of carbonyl (C=O) groups excluding carboxylic acids is 4. The number of methoxy groups -OCH3 is 1. The highest BCUT2D eigenvalue weighted by atomic mass is 16.7. The minimum Gasteiger partial charge on any atom is -0.507 e. The number of esters is 1. The number of phenols is 2. The molecule has 5 N–H and O–H groups in total. The molecule has 0 saturated heterocycles. The van der Waals surface area contributed by atoms with Gasteiger partial charge in [-0.25, -0.2) is 5.01 Å². The van der Waals surface area contributed by atoms with Crippen molar-refractivity contribution in [1.82, 2.24) is 10.0 Å². The molecule has 62 heavy (non-hydrogen) atoms. The van der Waals surface area contributed by atoms with Gasteiger partial charge in [0.2, 0.25) is 0 Å². The number of ketones is 1. The molecule has 16 nitrogen and oxygen atoms in total. The molecule has 9 unspecified atom stereocenters. The number of hydrazine groups is 1. The number of hydrogen-bond donors (Lipinski definition) is 5. The van der Waals surface area contributed by atoms with Crippen molar-refractivity contribution < 1.29 is 63.3 Å². The van der Waals surface area contributed by atoms with Gasteiger partial charge in [0, 0.05) is 86.9 Å². The summed E-state index contributed by atoms with van der Waals surface area (Å²) in [4.78, 5) is 54.4. The monoisotopic (exact) mass is 867 g/mol. The summed E-state index contributed by atoms with van der Waals surface area (Å²) in [7, 11) is 1.44. The second-order valence-electron chi connectivity index (χ2n) is 16.3. The average Bonchev–Trinajstić information content (AvgIpc) is 3.50. The fourth-order valence-corrected chi connectivity index (χ4v) is 8.16. The molecule has 3 aliphatic heterocycles. The Hall–Kier alpha value is -5.16. The van der Waals surface area contributed by atoms with Crippen LogP contribution in [-0.2, 0) is 28.6 Å². The lowest BCUT2D eigenvalue weighted by Crippen LogP contribution is -2.48. The zero-order valence-corrected chi connectivity index (χ0v) is 38.0. The van der Waals surface area contributed by atoms with E-state index < -0.39 is 95.5 Å². The molecule has 0 fully saturated rings. The molecule has 2 aromatic rings. The number of ether oxygens (including phenoxy) is 5. The van der Waals surface area contributed by atoms with Crippen molar-refractivity contribution in [2.45, 2.75) is 113 Å². The number of aromatic hydroxyl groups is 2. The zero-order chi connectivity index (χ0) is 46.4. The van der Waals surface area contributed by atoms with Crippen LogP contribution in [0.3, 0.4) is 0 Å². The van der Waals surface area contributed by atoms with Gasteiger partial charge in [0.1, 0.15) is 23.4 Å². The SMILES string of the molecule is CCCN(C(=O)COc1cc2c(O)c3c(O)c(C)c4c(c13)C(=O)C(C)(O/C=C/C(OC)C(C)C(OC(C)=O)C(C)C(O)C(C)C(O)C(C)/C=C/C=C(/C)C(=O)N2)O4)N(CC)CC. The average molecular weight is 868 g/mol. The van der Waals surface area contributed by atoms with Gasteiger partial charge in [-0.05, 0) is 26.3 Å². The van der Waals surface area contributed by atoms with Gasteiger partial charge in [-0.15, -0.1) is 0 Å². The Morgan fingerprint density at radius 3 is 2.19 bits per heavy atom. The summed E-state index contributed by atoms with van der Waals surface area (Å²) in [5, 5.41) is 52.2. The number of nitrogens with zero attached hydrogens (tertiary/aromatic N) is 2. The van der Waals surface area contributed by atoms with Crippen molar-refractivity contribution in [3.63, 3.8) is 0 Å². The molecular weight excluding hydrogens is 803 g/mol. The molecule has 2 amide bonds. The summed E-state index contributed by atoms with van der Waals surface area (Å²) in [6.07, 6.45) is 4.27. The first kappa shape index (κ1) is 49.5.